The summed E-state index contributed by atoms with van der Waals surface area (Å²) in [5, 5.41) is 19.0. The zero-order valence-corrected chi connectivity index (χ0v) is 14.2. The number of benzene rings is 1. The number of hydrogen-bond donors (Lipinski definition) is 2. The molecule has 24 heavy (non-hydrogen) atoms. The van der Waals surface area contributed by atoms with E-state index in [4.69, 9.17) is 14.3 Å². The van der Waals surface area contributed by atoms with Gasteiger partial charge in [0, 0.05) is 11.3 Å². The number of hydrogen-bond acceptors (Lipinski definition) is 7. The first-order valence-electron chi connectivity index (χ1n) is 7.01. The largest absolute Gasteiger partial charge is 0.481 e. The maximum atomic E-state index is 11.7. The first kappa shape index (κ1) is 17.8. The average Bonchev–Trinajstić information content (AvgIpc) is 2.92. The van der Waals surface area contributed by atoms with Crippen LogP contribution in [0.1, 0.15) is 20.8 Å². The van der Waals surface area contributed by atoms with E-state index in [1.807, 2.05) is 0 Å². The van der Waals surface area contributed by atoms with Crippen LogP contribution in [0.15, 0.2) is 33.9 Å². The Morgan fingerprint density at radius 3 is 2.50 bits per heavy atom. The number of carboxylic acid groups (broad SMARTS) is 1. The second kappa shape index (κ2) is 7.35. The zero-order chi connectivity index (χ0) is 17.7. The molecule has 1 aromatic carbocycles. The number of amides is 1. The molecule has 0 bridgehead atoms. The van der Waals surface area contributed by atoms with E-state index in [9.17, 15) is 9.59 Å². The van der Waals surface area contributed by atoms with Gasteiger partial charge in [-0.25, -0.2) is 4.79 Å². The number of carbonyl (C=O) groups is 2. The smallest absolute Gasteiger partial charge is 0.412 e. The van der Waals surface area contributed by atoms with Gasteiger partial charge in [0.15, 0.2) is 0 Å². The molecule has 1 aromatic heterocycles. The van der Waals surface area contributed by atoms with Crippen LogP contribution in [-0.4, -0.2) is 38.7 Å². The third-order valence-electron chi connectivity index (χ3n) is 2.50. The summed E-state index contributed by atoms with van der Waals surface area (Å²) in [6, 6.07) is 6.75. The van der Waals surface area contributed by atoms with Gasteiger partial charge in [-0.1, -0.05) is 11.8 Å². The standard InChI is InChI=1S/C15H17N3O5S/c1-15(2,3)23-13(21)16-10-6-4-9(5-7-10)12-17-18-14(22-12)24-8-11(19)20/h4-7H,8H2,1-3H3,(H,16,21)(H,19,20). The van der Waals surface area contributed by atoms with Gasteiger partial charge in [0.1, 0.15) is 11.4 Å². The topological polar surface area (TPSA) is 115 Å². The van der Waals surface area contributed by atoms with Gasteiger partial charge in [-0.3, -0.25) is 10.1 Å². The Balaban J connectivity index is 1.99. The van der Waals surface area contributed by atoms with Gasteiger partial charge in [-0.2, -0.15) is 0 Å². The second-order valence-electron chi connectivity index (χ2n) is 5.76. The fourth-order valence-electron chi connectivity index (χ4n) is 1.63. The molecule has 0 aliphatic rings. The van der Waals surface area contributed by atoms with Crippen LogP contribution in [0.3, 0.4) is 0 Å². The molecule has 0 spiro atoms. The molecule has 1 amide bonds. The average molecular weight is 351 g/mol. The molecule has 0 aliphatic heterocycles. The lowest BCUT2D eigenvalue weighted by Gasteiger charge is -2.19. The number of nitrogens with zero attached hydrogens (tertiary/aromatic N) is 2. The van der Waals surface area contributed by atoms with E-state index in [1.165, 1.54) is 0 Å². The number of thioether (sulfide) groups is 1. The number of rotatable bonds is 5. The highest BCUT2D eigenvalue weighted by atomic mass is 32.2. The normalized spacial score (nSPS) is 11.1. The van der Waals surface area contributed by atoms with E-state index in [-0.39, 0.29) is 16.9 Å². The van der Waals surface area contributed by atoms with Crippen LogP contribution >= 0.6 is 11.8 Å². The third-order valence-corrected chi connectivity index (χ3v) is 3.31. The molecule has 0 fully saturated rings. The molecule has 2 rings (SSSR count). The van der Waals surface area contributed by atoms with Gasteiger partial charge in [0.2, 0.25) is 5.89 Å². The van der Waals surface area contributed by atoms with Crippen molar-refractivity contribution >= 4 is 29.5 Å². The number of anilines is 1. The summed E-state index contributed by atoms with van der Waals surface area (Å²) in [4.78, 5) is 22.2. The highest BCUT2D eigenvalue weighted by Gasteiger charge is 2.16. The number of carbonyl (C=O) groups excluding carboxylic acids is 1. The van der Waals surface area contributed by atoms with Crippen molar-refractivity contribution in [2.24, 2.45) is 0 Å². The van der Waals surface area contributed by atoms with Gasteiger partial charge >= 0.3 is 12.1 Å². The van der Waals surface area contributed by atoms with E-state index in [1.54, 1.807) is 45.0 Å². The number of carboxylic acids is 1. The molecular weight excluding hydrogens is 334 g/mol. The van der Waals surface area contributed by atoms with Crippen LogP contribution < -0.4 is 5.32 Å². The van der Waals surface area contributed by atoms with Crippen LogP contribution in [0.25, 0.3) is 11.5 Å². The minimum absolute atomic E-state index is 0.152. The molecule has 0 unspecified atom stereocenters. The molecule has 2 aromatic rings. The molecule has 8 nitrogen and oxygen atoms in total. The third kappa shape index (κ3) is 5.58. The van der Waals surface area contributed by atoms with Gasteiger partial charge < -0.3 is 14.3 Å². The minimum Gasteiger partial charge on any atom is -0.481 e. The second-order valence-corrected chi connectivity index (χ2v) is 6.69. The van der Waals surface area contributed by atoms with Crippen molar-refractivity contribution in [3.05, 3.63) is 24.3 Å². The molecule has 0 radical (unpaired) electrons. The summed E-state index contributed by atoms with van der Waals surface area (Å²) in [5.41, 5.74) is 0.644. The molecule has 9 heteroatoms. The van der Waals surface area contributed by atoms with E-state index in [0.29, 0.717) is 11.3 Å². The molecule has 0 aliphatic carbocycles. The summed E-state index contributed by atoms with van der Waals surface area (Å²) < 4.78 is 10.5. The number of aromatic nitrogens is 2. The quantitative estimate of drug-likeness (QED) is 0.789. The maximum absolute atomic E-state index is 11.7. The van der Waals surface area contributed by atoms with Crippen molar-refractivity contribution in [1.82, 2.24) is 10.2 Å². The Hall–Kier alpha value is -2.55. The summed E-state index contributed by atoms with van der Waals surface area (Å²) in [6.07, 6.45) is -0.541. The van der Waals surface area contributed by atoms with Crippen molar-refractivity contribution in [2.75, 3.05) is 11.1 Å². The Labute approximate surface area is 142 Å². The summed E-state index contributed by atoms with van der Waals surface area (Å²) in [5.74, 6) is -0.843. The first-order valence-corrected chi connectivity index (χ1v) is 8.00. The molecule has 0 saturated heterocycles. The predicted molar refractivity (Wildman–Crippen MR) is 88.0 cm³/mol. The fraction of sp³-hybridized carbons (Fsp3) is 0.333. The number of nitrogens with one attached hydrogen (secondary N) is 1. The van der Waals surface area contributed by atoms with Crippen molar-refractivity contribution in [3.63, 3.8) is 0 Å². The molecule has 128 valence electrons. The van der Waals surface area contributed by atoms with Crippen LogP contribution in [0.5, 0.6) is 0 Å². The highest BCUT2D eigenvalue weighted by molar-refractivity contribution is 7.99. The van der Waals surface area contributed by atoms with E-state index in [0.717, 1.165) is 11.8 Å². The van der Waals surface area contributed by atoms with E-state index >= 15 is 0 Å². The van der Waals surface area contributed by atoms with Crippen molar-refractivity contribution in [2.45, 2.75) is 31.6 Å². The monoisotopic (exact) mass is 351 g/mol. The van der Waals surface area contributed by atoms with Crippen LogP contribution in [0.2, 0.25) is 0 Å². The number of ether oxygens (including phenoxy) is 1. The lowest BCUT2D eigenvalue weighted by Crippen LogP contribution is -2.27. The molecule has 0 saturated carbocycles. The molecule has 1 heterocycles. The fourth-order valence-corrected chi connectivity index (χ4v) is 2.11. The predicted octanol–water partition coefficient (Wildman–Crippen LogP) is 3.26. The summed E-state index contributed by atoms with van der Waals surface area (Å²) in [6.45, 7) is 5.35. The maximum Gasteiger partial charge on any atom is 0.412 e. The summed E-state index contributed by atoms with van der Waals surface area (Å²) in [7, 11) is 0. The van der Waals surface area contributed by atoms with Crippen molar-refractivity contribution in [3.8, 4) is 11.5 Å². The Kier molecular flexibility index (Phi) is 5.45. The van der Waals surface area contributed by atoms with Crippen molar-refractivity contribution < 1.29 is 23.8 Å². The van der Waals surface area contributed by atoms with Gasteiger partial charge in [-0.05, 0) is 45.0 Å². The molecule has 2 N–H and O–H groups in total. The Morgan fingerprint density at radius 1 is 1.25 bits per heavy atom. The molecule has 0 atom stereocenters. The lowest BCUT2D eigenvalue weighted by molar-refractivity contribution is -0.133. The SMILES string of the molecule is CC(C)(C)OC(=O)Nc1ccc(-c2nnc(SCC(=O)O)o2)cc1. The van der Waals surface area contributed by atoms with Gasteiger partial charge in [0.25, 0.3) is 5.22 Å². The Bertz CT molecular complexity index is 721. The van der Waals surface area contributed by atoms with Crippen LogP contribution in [0, 0.1) is 0 Å². The minimum atomic E-state index is -0.961. The van der Waals surface area contributed by atoms with E-state index < -0.39 is 17.7 Å². The first-order chi connectivity index (χ1) is 11.2. The van der Waals surface area contributed by atoms with Crippen LogP contribution in [0.4, 0.5) is 10.5 Å². The zero-order valence-electron chi connectivity index (χ0n) is 13.4. The lowest BCUT2D eigenvalue weighted by atomic mass is 10.2. The summed E-state index contributed by atoms with van der Waals surface area (Å²) >= 11 is 0.947. The van der Waals surface area contributed by atoms with Gasteiger partial charge in [0.05, 0.1) is 0 Å². The van der Waals surface area contributed by atoms with E-state index in [2.05, 4.69) is 15.5 Å². The Morgan fingerprint density at radius 2 is 1.92 bits per heavy atom. The highest BCUT2D eigenvalue weighted by Crippen LogP contribution is 2.24. The number of aliphatic carboxylic acids is 1. The molecular formula is C15H17N3O5S. The van der Waals surface area contributed by atoms with Crippen molar-refractivity contribution in [1.29, 1.82) is 0 Å². The van der Waals surface area contributed by atoms with Crippen LogP contribution in [-0.2, 0) is 9.53 Å². The van der Waals surface area contributed by atoms with Gasteiger partial charge in [-0.15, -0.1) is 10.2 Å².